The molecule has 5 rings (SSSR count). The van der Waals surface area contributed by atoms with Crippen LogP contribution in [0.2, 0.25) is 0 Å². The zero-order valence-corrected chi connectivity index (χ0v) is 19.1. The van der Waals surface area contributed by atoms with E-state index in [4.69, 9.17) is 14.0 Å². The lowest BCUT2D eigenvalue weighted by Crippen LogP contribution is -2.49. The van der Waals surface area contributed by atoms with Gasteiger partial charge in [0.25, 0.3) is 5.88 Å². The zero-order chi connectivity index (χ0) is 21.6. The minimum absolute atomic E-state index is 0.113. The molecule has 5 nitrogen and oxygen atoms in total. The predicted molar refractivity (Wildman–Crippen MR) is 120 cm³/mol. The maximum Gasteiger partial charge on any atom is 0.258 e. The Labute approximate surface area is 185 Å². The van der Waals surface area contributed by atoms with Gasteiger partial charge in [-0.15, -0.1) is 0 Å². The van der Waals surface area contributed by atoms with Crippen molar-refractivity contribution in [1.82, 2.24) is 10.1 Å². The Bertz CT molecular complexity index is 947. The van der Waals surface area contributed by atoms with Gasteiger partial charge in [-0.3, -0.25) is 4.90 Å². The quantitative estimate of drug-likeness (QED) is 0.618. The van der Waals surface area contributed by atoms with Gasteiger partial charge < -0.3 is 14.0 Å². The van der Waals surface area contributed by atoms with Crippen molar-refractivity contribution in [3.8, 4) is 5.88 Å². The number of allylic oxidation sites excluding steroid dienone is 2. The number of likely N-dealkylation sites (tertiary alicyclic amines) is 1. The fourth-order valence-electron chi connectivity index (χ4n) is 6.27. The fraction of sp³-hybridized carbons (Fsp3) is 0.577. The number of hydrogen-bond donors (Lipinski definition) is 0. The highest BCUT2D eigenvalue weighted by Gasteiger charge is 2.58. The molecule has 31 heavy (non-hydrogen) atoms. The average Bonchev–Trinajstić information content (AvgIpc) is 3.45. The summed E-state index contributed by atoms with van der Waals surface area (Å²) in [5.41, 5.74) is 2.15. The Hall–Kier alpha value is -2.27. The van der Waals surface area contributed by atoms with Gasteiger partial charge in [0.2, 0.25) is 0 Å². The van der Waals surface area contributed by atoms with Gasteiger partial charge in [0.15, 0.2) is 5.76 Å². The van der Waals surface area contributed by atoms with E-state index in [1.54, 1.807) is 0 Å². The van der Waals surface area contributed by atoms with E-state index in [2.05, 4.69) is 49.0 Å². The van der Waals surface area contributed by atoms with Gasteiger partial charge in [0.1, 0.15) is 6.61 Å². The minimum Gasteiger partial charge on any atom is -0.501 e. The molecule has 1 saturated heterocycles. The molecule has 166 valence electrons. The molecule has 0 N–H and O–H groups in total. The minimum atomic E-state index is -0.113. The molecule has 1 aliphatic heterocycles. The number of aromatic nitrogens is 1. The molecule has 0 amide bonds. The van der Waals surface area contributed by atoms with Crippen molar-refractivity contribution < 1.29 is 14.0 Å². The lowest BCUT2D eigenvalue weighted by Gasteiger charge is -2.53. The monoisotopic (exact) mass is 422 g/mol. The highest BCUT2D eigenvalue weighted by molar-refractivity contribution is 5.43. The standard InChI is InChI=1S/C26H34N2O3/c1-17-14-20-23(28-12-8-9-13-28)24-22(18(2)26(20,3)21(15-17)29-4)25(27-31-24)30-16-19-10-6-5-7-11-19/h5-7,10-11,15,17-18,20,23H,8-9,12-14,16H2,1-4H3/t17?,18?,20?,23-,26?/m0/s1. The van der Waals surface area contributed by atoms with Crippen LogP contribution in [-0.2, 0) is 11.3 Å². The molecule has 0 spiro atoms. The molecule has 1 aromatic carbocycles. The largest absolute Gasteiger partial charge is 0.501 e. The molecule has 2 aliphatic carbocycles. The van der Waals surface area contributed by atoms with Crippen molar-refractivity contribution in [2.45, 2.75) is 58.6 Å². The van der Waals surface area contributed by atoms with Crippen LogP contribution in [0.15, 0.2) is 46.7 Å². The summed E-state index contributed by atoms with van der Waals surface area (Å²) >= 11 is 0. The van der Waals surface area contributed by atoms with E-state index in [9.17, 15) is 0 Å². The van der Waals surface area contributed by atoms with Crippen LogP contribution in [0.4, 0.5) is 0 Å². The number of ether oxygens (including phenoxy) is 2. The van der Waals surface area contributed by atoms with Gasteiger partial charge in [0, 0.05) is 11.3 Å². The maximum atomic E-state index is 6.24. The normalized spacial score (nSPS) is 32.8. The van der Waals surface area contributed by atoms with E-state index < -0.39 is 0 Å². The number of fused-ring (bicyclic) bond motifs is 2. The van der Waals surface area contributed by atoms with Crippen molar-refractivity contribution in [3.05, 3.63) is 59.1 Å². The molecule has 2 aromatic rings. The number of nitrogens with zero attached hydrogens (tertiary/aromatic N) is 2. The molecular weight excluding hydrogens is 388 g/mol. The van der Waals surface area contributed by atoms with E-state index in [0.717, 1.165) is 42.2 Å². The Morgan fingerprint density at radius 1 is 1.16 bits per heavy atom. The first kappa shape index (κ1) is 20.6. The molecule has 2 heterocycles. The summed E-state index contributed by atoms with van der Waals surface area (Å²) in [6.45, 7) is 9.70. The van der Waals surface area contributed by atoms with Crippen LogP contribution < -0.4 is 4.74 Å². The Kier molecular flexibility index (Phi) is 5.33. The van der Waals surface area contributed by atoms with Crippen LogP contribution in [0.1, 0.15) is 68.9 Å². The van der Waals surface area contributed by atoms with E-state index in [0.29, 0.717) is 24.3 Å². The van der Waals surface area contributed by atoms with Crippen LogP contribution in [0.25, 0.3) is 0 Å². The third-order valence-corrected chi connectivity index (χ3v) is 8.04. The second kappa shape index (κ2) is 8.01. The van der Waals surface area contributed by atoms with Crippen molar-refractivity contribution in [1.29, 1.82) is 0 Å². The Morgan fingerprint density at radius 2 is 1.90 bits per heavy atom. The highest BCUT2D eigenvalue weighted by Crippen LogP contribution is 2.63. The van der Waals surface area contributed by atoms with Gasteiger partial charge in [0.05, 0.1) is 24.5 Å². The van der Waals surface area contributed by atoms with E-state index >= 15 is 0 Å². The number of benzene rings is 1. The van der Waals surface area contributed by atoms with E-state index in [1.807, 2.05) is 25.3 Å². The van der Waals surface area contributed by atoms with Crippen molar-refractivity contribution >= 4 is 0 Å². The third-order valence-electron chi connectivity index (χ3n) is 8.04. The smallest absolute Gasteiger partial charge is 0.258 e. The van der Waals surface area contributed by atoms with Crippen LogP contribution in [0.3, 0.4) is 0 Å². The van der Waals surface area contributed by atoms with Crippen molar-refractivity contribution in [2.24, 2.45) is 17.3 Å². The molecule has 0 saturated carbocycles. The Balaban J connectivity index is 1.57. The molecule has 1 aromatic heterocycles. The van der Waals surface area contributed by atoms with E-state index in [-0.39, 0.29) is 17.4 Å². The first-order valence-electron chi connectivity index (χ1n) is 11.7. The molecule has 0 radical (unpaired) electrons. The molecule has 5 atom stereocenters. The van der Waals surface area contributed by atoms with Gasteiger partial charge in [-0.1, -0.05) is 51.1 Å². The van der Waals surface area contributed by atoms with Gasteiger partial charge in [-0.2, -0.15) is 0 Å². The van der Waals surface area contributed by atoms with Crippen LogP contribution >= 0.6 is 0 Å². The van der Waals surface area contributed by atoms with Gasteiger partial charge in [-0.05, 0) is 61.0 Å². The predicted octanol–water partition coefficient (Wildman–Crippen LogP) is 5.70. The zero-order valence-electron chi connectivity index (χ0n) is 19.1. The second-order valence-corrected chi connectivity index (χ2v) is 9.79. The van der Waals surface area contributed by atoms with Crippen LogP contribution in [0, 0.1) is 17.3 Å². The lowest BCUT2D eigenvalue weighted by atomic mass is 9.54. The second-order valence-electron chi connectivity index (χ2n) is 9.79. The van der Waals surface area contributed by atoms with E-state index in [1.165, 1.54) is 12.8 Å². The lowest BCUT2D eigenvalue weighted by molar-refractivity contribution is -0.0128. The summed E-state index contributed by atoms with van der Waals surface area (Å²) in [6, 6.07) is 10.5. The summed E-state index contributed by atoms with van der Waals surface area (Å²) in [6.07, 6.45) is 5.96. The molecule has 3 aliphatic rings. The third kappa shape index (κ3) is 3.29. The maximum absolute atomic E-state index is 6.24. The Morgan fingerprint density at radius 3 is 2.61 bits per heavy atom. The number of methoxy groups -OCH3 is 1. The topological polar surface area (TPSA) is 47.7 Å². The van der Waals surface area contributed by atoms with Crippen LogP contribution in [0.5, 0.6) is 5.88 Å². The average molecular weight is 423 g/mol. The van der Waals surface area contributed by atoms with Crippen LogP contribution in [-0.4, -0.2) is 30.3 Å². The molecule has 1 fully saturated rings. The number of rotatable bonds is 5. The SMILES string of the molecule is COC1=CC(C)CC2[C@H](N3CCCC3)c3onc(OCc4ccccc4)c3C(C)C12C. The van der Waals surface area contributed by atoms with Crippen molar-refractivity contribution in [2.75, 3.05) is 20.2 Å². The first-order chi connectivity index (χ1) is 15.0. The molecular formula is C26H34N2O3. The molecule has 5 heteroatoms. The molecule has 0 bridgehead atoms. The highest BCUT2D eigenvalue weighted by atomic mass is 16.5. The summed E-state index contributed by atoms with van der Waals surface area (Å²) in [5.74, 6) is 3.88. The summed E-state index contributed by atoms with van der Waals surface area (Å²) < 4.78 is 18.4. The summed E-state index contributed by atoms with van der Waals surface area (Å²) in [4.78, 5) is 2.62. The van der Waals surface area contributed by atoms with Gasteiger partial charge >= 0.3 is 0 Å². The van der Waals surface area contributed by atoms with Gasteiger partial charge in [-0.25, -0.2) is 0 Å². The van der Waals surface area contributed by atoms with Crippen molar-refractivity contribution in [3.63, 3.8) is 0 Å². The molecule has 4 unspecified atom stereocenters. The first-order valence-corrected chi connectivity index (χ1v) is 11.7. The number of hydrogen-bond acceptors (Lipinski definition) is 5. The summed E-state index contributed by atoms with van der Waals surface area (Å²) in [5, 5.41) is 4.46. The summed E-state index contributed by atoms with van der Waals surface area (Å²) in [7, 11) is 1.82. The fourth-order valence-corrected chi connectivity index (χ4v) is 6.27.